The first-order valence-corrected chi connectivity index (χ1v) is 16.7. The zero-order valence-corrected chi connectivity index (χ0v) is 28.3. The lowest BCUT2D eigenvalue weighted by Gasteiger charge is -2.72. The Bertz CT molecular complexity index is 1190. The van der Waals surface area contributed by atoms with Crippen molar-refractivity contribution in [3.63, 3.8) is 0 Å². The molecule has 8 atom stereocenters. The average molecular weight is 584 g/mol. The molecule has 0 spiro atoms. The summed E-state index contributed by atoms with van der Waals surface area (Å²) in [6, 6.07) is 0. The van der Waals surface area contributed by atoms with E-state index in [1.54, 1.807) is 6.92 Å². The molecule has 1 N–H and O–H groups in total. The Hall–Kier alpha value is -1.85. The number of rotatable bonds is 3. The van der Waals surface area contributed by atoms with Gasteiger partial charge in [0.25, 0.3) is 0 Å². The maximum Gasteiger partial charge on any atom is 0.408 e. The summed E-state index contributed by atoms with van der Waals surface area (Å²) in [7, 11) is 0. The van der Waals surface area contributed by atoms with Gasteiger partial charge >= 0.3 is 12.1 Å². The highest BCUT2D eigenvalue weighted by atomic mass is 16.6. The molecule has 0 heterocycles. The third kappa shape index (κ3) is 4.50. The summed E-state index contributed by atoms with van der Waals surface area (Å²) in [6.45, 7) is 23.8. The highest BCUT2D eigenvalue weighted by Crippen LogP contribution is 2.75. The number of nitrogens with one attached hydrogen (secondary N) is 1. The number of hydrogen-bond acceptors (Lipinski definition) is 5. The number of ether oxygens (including phenoxy) is 2. The number of ketones is 1. The van der Waals surface area contributed by atoms with E-state index in [1.165, 1.54) is 5.57 Å². The van der Waals surface area contributed by atoms with Gasteiger partial charge in [-0.1, -0.05) is 48.5 Å². The monoisotopic (exact) mass is 583 g/mol. The highest BCUT2D eigenvalue weighted by molar-refractivity contribution is 6.02. The molecule has 0 aliphatic heterocycles. The lowest BCUT2D eigenvalue weighted by molar-refractivity contribution is -0.231. The van der Waals surface area contributed by atoms with Crippen LogP contribution in [-0.4, -0.2) is 35.1 Å². The summed E-state index contributed by atoms with van der Waals surface area (Å²) < 4.78 is 11.7. The molecule has 5 aliphatic rings. The fourth-order valence-corrected chi connectivity index (χ4v) is 11.6. The Morgan fingerprint density at radius 3 is 2.14 bits per heavy atom. The van der Waals surface area contributed by atoms with Gasteiger partial charge in [-0.05, 0) is 123 Å². The van der Waals surface area contributed by atoms with E-state index in [0.29, 0.717) is 18.3 Å². The van der Waals surface area contributed by atoms with E-state index in [-0.39, 0.29) is 51.4 Å². The second kappa shape index (κ2) is 9.83. The van der Waals surface area contributed by atoms with Crippen LogP contribution in [0, 0.1) is 45.3 Å². The fraction of sp³-hybridized carbons (Fsp3) is 0.861. The van der Waals surface area contributed by atoms with Crippen molar-refractivity contribution in [3.05, 3.63) is 11.1 Å². The molecule has 0 radical (unpaired) electrons. The quantitative estimate of drug-likeness (QED) is 0.339. The van der Waals surface area contributed by atoms with Gasteiger partial charge in [-0.2, -0.15) is 0 Å². The van der Waals surface area contributed by atoms with Crippen LogP contribution in [0.15, 0.2) is 11.1 Å². The summed E-state index contributed by atoms with van der Waals surface area (Å²) in [5.41, 5.74) is 1.20. The largest absolute Gasteiger partial charge is 0.462 e. The Balaban J connectivity index is 1.53. The Morgan fingerprint density at radius 2 is 1.55 bits per heavy atom. The van der Waals surface area contributed by atoms with Crippen molar-refractivity contribution in [2.45, 2.75) is 151 Å². The summed E-state index contributed by atoms with van der Waals surface area (Å²) in [6.07, 6.45) is 8.14. The number of amides is 1. The van der Waals surface area contributed by atoms with Crippen molar-refractivity contribution in [2.75, 3.05) is 0 Å². The molecule has 4 saturated carbocycles. The van der Waals surface area contributed by atoms with Gasteiger partial charge in [0.2, 0.25) is 0 Å². The molecule has 42 heavy (non-hydrogen) atoms. The maximum absolute atomic E-state index is 13.7. The fourth-order valence-electron chi connectivity index (χ4n) is 11.6. The molecule has 0 bridgehead atoms. The van der Waals surface area contributed by atoms with Crippen LogP contribution >= 0.6 is 0 Å². The summed E-state index contributed by atoms with van der Waals surface area (Å²) >= 11 is 0. The number of Topliss-reactive ketones (excluding diaryl/α,β-unsaturated/α-hetero) is 1. The third-order valence-corrected chi connectivity index (χ3v) is 13.4. The van der Waals surface area contributed by atoms with Crippen LogP contribution in [0.1, 0.15) is 134 Å². The van der Waals surface area contributed by atoms with Crippen LogP contribution in [-0.2, 0) is 19.1 Å². The molecule has 6 nitrogen and oxygen atoms in total. The lowest BCUT2D eigenvalue weighted by Crippen LogP contribution is -2.67. The zero-order valence-electron chi connectivity index (χ0n) is 28.3. The third-order valence-electron chi connectivity index (χ3n) is 13.4. The predicted molar refractivity (Wildman–Crippen MR) is 165 cm³/mol. The maximum atomic E-state index is 13.7. The van der Waals surface area contributed by atoms with Crippen LogP contribution in [0.3, 0.4) is 0 Å². The molecule has 0 unspecified atom stereocenters. The molecule has 1 amide bonds. The molecule has 236 valence electrons. The van der Waals surface area contributed by atoms with E-state index < -0.39 is 17.2 Å². The van der Waals surface area contributed by atoms with Crippen molar-refractivity contribution in [2.24, 2.45) is 45.3 Å². The summed E-state index contributed by atoms with van der Waals surface area (Å²) in [5.74, 6) is 1.47. The molecular weight excluding hydrogens is 526 g/mol. The van der Waals surface area contributed by atoms with Crippen molar-refractivity contribution in [1.82, 2.24) is 5.32 Å². The van der Waals surface area contributed by atoms with Crippen molar-refractivity contribution < 1.29 is 23.9 Å². The molecular formula is C36H57NO5. The van der Waals surface area contributed by atoms with E-state index in [4.69, 9.17) is 9.47 Å². The second-order valence-corrected chi connectivity index (χ2v) is 17.4. The van der Waals surface area contributed by atoms with Gasteiger partial charge in [-0.3, -0.25) is 9.59 Å². The average Bonchev–Trinajstić information content (AvgIpc) is 3.11. The van der Waals surface area contributed by atoms with Gasteiger partial charge in [0, 0.05) is 18.8 Å². The van der Waals surface area contributed by atoms with Gasteiger partial charge in [-0.25, -0.2) is 4.79 Å². The SMILES string of the molecule is CC(=O)O[C@H]1CC[C@]2(C)[C@H]3CC[C@@H]4C5=C(C(C)C)C(=O)C[C@]5(NC(=O)OC(C)(C)C)CC[C@@]4(C)[C@]3(C)CC[C@H]2C1(C)C. The van der Waals surface area contributed by atoms with E-state index in [2.05, 4.69) is 53.8 Å². The number of hydrogen-bond donors (Lipinski definition) is 1. The minimum Gasteiger partial charge on any atom is -0.462 e. The Morgan fingerprint density at radius 1 is 0.881 bits per heavy atom. The summed E-state index contributed by atoms with van der Waals surface area (Å²) in [5, 5.41) is 3.30. The van der Waals surface area contributed by atoms with E-state index in [0.717, 1.165) is 56.9 Å². The molecule has 0 saturated heterocycles. The standard InChI is InChI=1S/C36H57NO5/c1-21(2)28-24(39)20-36(37-30(40)42-31(4,5)6)19-18-34(10)23(29(28)36)12-13-26-33(9)16-15-27(41-22(3)38)32(7,8)25(33)14-17-35(26,34)11/h21,23,25-27H,12-20H2,1-11H3,(H,37,40)/t23-,25+,26-,27+,33+,34-,35-,36-/m1/s1. The van der Waals surface area contributed by atoms with E-state index >= 15 is 0 Å². The van der Waals surface area contributed by atoms with Crippen LogP contribution in [0.25, 0.3) is 0 Å². The lowest BCUT2D eigenvalue weighted by atomic mass is 9.33. The first-order valence-electron chi connectivity index (χ1n) is 16.7. The number of esters is 1. The van der Waals surface area contributed by atoms with Crippen molar-refractivity contribution in [3.8, 4) is 0 Å². The van der Waals surface area contributed by atoms with Gasteiger partial charge in [0.05, 0.1) is 5.54 Å². The van der Waals surface area contributed by atoms with Crippen LogP contribution in [0.2, 0.25) is 0 Å². The zero-order chi connectivity index (χ0) is 31.3. The normalized spacial score (nSPS) is 42.7. The second-order valence-electron chi connectivity index (χ2n) is 17.4. The number of alkyl carbamates (subject to hydrolysis) is 1. The molecule has 0 aromatic rings. The van der Waals surface area contributed by atoms with Crippen molar-refractivity contribution >= 4 is 17.8 Å². The van der Waals surface area contributed by atoms with Gasteiger partial charge in [-0.15, -0.1) is 0 Å². The molecule has 5 rings (SSSR count). The minimum atomic E-state index is -0.641. The first-order chi connectivity index (χ1) is 19.2. The first kappa shape index (κ1) is 31.6. The van der Waals surface area contributed by atoms with Gasteiger partial charge < -0.3 is 14.8 Å². The smallest absolute Gasteiger partial charge is 0.408 e. The van der Waals surface area contributed by atoms with Crippen LogP contribution in [0.5, 0.6) is 0 Å². The molecule has 4 fully saturated rings. The molecule has 0 aromatic heterocycles. The van der Waals surface area contributed by atoms with Gasteiger partial charge in [0.1, 0.15) is 11.7 Å². The van der Waals surface area contributed by atoms with E-state index in [9.17, 15) is 14.4 Å². The number of allylic oxidation sites excluding steroid dienone is 1. The predicted octanol–water partition coefficient (Wildman–Crippen LogP) is 8.18. The van der Waals surface area contributed by atoms with E-state index in [1.807, 2.05) is 20.8 Å². The number of carbonyl (C=O) groups is 3. The Kier molecular flexibility index (Phi) is 7.39. The minimum absolute atomic E-state index is 0.0261. The summed E-state index contributed by atoms with van der Waals surface area (Å²) in [4.78, 5) is 38.9. The molecule has 6 heteroatoms. The molecule has 0 aromatic carbocycles. The van der Waals surface area contributed by atoms with Crippen LogP contribution < -0.4 is 5.32 Å². The van der Waals surface area contributed by atoms with Gasteiger partial charge in [0.15, 0.2) is 5.78 Å². The Labute approximate surface area is 254 Å². The molecule has 5 aliphatic carbocycles. The highest BCUT2D eigenvalue weighted by Gasteiger charge is 2.70. The topological polar surface area (TPSA) is 81.7 Å². The van der Waals surface area contributed by atoms with Crippen molar-refractivity contribution in [1.29, 1.82) is 0 Å². The number of carbonyl (C=O) groups excluding carboxylic acids is 3. The number of fused-ring (bicyclic) bond motifs is 7. The van der Waals surface area contributed by atoms with Crippen LogP contribution in [0.4, 0.5) is 4.79 Å².